The summed E-state index contributed by atoms with van der Waals surface area (Å²) in [5, 5.41) is 0. The van der Waals surface area contributed by atoms with Crippen molar-refractivity contribution < 1.29 is 4.79 Å². The van der Waals surface area contributed by atoms with E-state index in [1.54, 1.807) is 0 Å². The van der Waals surface area contributed by atoms with E-state index in [-0.39, 0.29) is 5.78 Å². The third-order valence-corrected chi connectivity index (χ3v) is 1.86. The zero-order chi connectivity index (χ0) is 9.23. The number of terminal acetylenes is 1. The molecule has 0 aromatic carbocycles. The van der Waals surface area contributed by atoms with Crippen LogP contribution < -0.4 is 0 Å². The molecule has 12 heavy (non-hydrogen) atoms. The topological polar surface area (TPSA) is 17.1 Å². The number of ketones is 1. The Morgan fingerprint density at radius 1 is 1.25 bits per heavy atom. The van der Waals surface area contributed by atoms with Crippen molar-refractivity contribution in [2.75, 3.05) is 0 Å². The summed E-state index contributed by atoms with van der Waals surface area (Å²) >= 11 is 0. The van der Waals surface area contributed by atoms with E-state index >= 15 is 0 Å². The molecule has 0 radical (unpaired) electrons. The van der Waals surface area contributed by atoms with E-state index in [1.807, 2.05) is 0 Å². The van der Waals surface area contributed by atoms with Crippen LogP contribution in [0.25, 0.3) is 0 Å². The third kappa shape index (κ3) is 7.34. The summed E-state index contributed by atoms with van der Waals surface area (Å²) in [6, 6.07) is 0. The standard InChI is InChI=1S/C11H18O/c1-3-5-6-7-8-10-11(12)9-4-2/h2H,3,5-10H2,1H3. The Bertz CT molecular complexity index is 153. The van der Waals surface area contributed by atoms with Crippen molar-refractivity contribution in [3.05, 3.63) is 0 Å². The summed E-state index contributed by atoms with van der Waals surface area (Å²) in [7, 11) is 0. The van der Waals surface area contributed by atoms with Crippen LogP contribution in [-0.2, 0) is 4.79 Å². The molecule has 0 aromatic rings. The highest BCUT2D eigenvalue weighted by atomic mass is 16.1. The molecule has 0 fully saturated rings. The summed E-state index contributed by atoms with van der Waals surface area (Å²) < 4.78 is 0. The monoisotopic (exact) mass is 166 g/mol. The van der Waals surface area contributed by atoms with Crippen LogP contribution in [-0.4, -0.2) is 5.78 Å². The van der Waals surface area contributed by atoms with Crippen LogP contribution in [0.4, 0.5) is 0 Å². The van der Waals surface area contributed by atoms with E-state index in [2.05, 4.69) is 12.8 Å². The third-order valence-electron chi connectivity index (χ3n) is 1.86. The molecular formula is C11H18O. The van der Waals surface area contributed by atoms with Gasteiger partial charge in [-0.1, -0.05) is 38.5 Å². The van der Waals surface area contributed by atoms with Gasteiger partial charge in [-0.3, -0.25) is 4.79 Å². The highest BCUT2D eigenvalue weighted by molar-refractivity contribution is 5.80. The second-order valence-corrected chi connectivity index (χ2v) is 3.08. The Balaban J connectivity index is 3.10. The van der Waals surface area contributed by atoms with Gasteiger partial charge in [0.2, 0.25) is 0 Å². The van der Waals surface area contributed by atoms with Crippen molar-refractivity contribution in [2.24, 2.45) is 0 Å². The van der Waals surface area contributed by atoms with Crippen LogP contribution in [0.5, 0.6) is 0 Å². The minimum atomic E-state index is 0.217. The molecule has 0 saturated carbocycles. The van der Waals surface area contributed by atoms with Gasteiger partial charge in [-0.2, -0.15) is 0 Å². The first kappa shape index (κ1) is 11.2. The quantitative estimate of drug-likeness (QED) is 0.420. The largest absolute Gasteiger partial charge is 0.299 e. The predicted octanol–water partition coefficient (Wildman–Crippen LogP) is 2.94. The summed E-state index contributed by atoms with van der Waals surface area (Å²) in [6.07, 6.45) is 12.0. The van der Waals surface area contributed by atoms with Gasteiger partial charge in [0.25, 0.3) is 0 Å². The SMILES string of the molecule is C#CCC(=O)CCCCCCC. The molecule has 0 bridgehead atoms. The lowest BCUT2D eigenvalue weighted by atomic mass is 10.1. The van der Waals surface area contributed by atoms with Crippen LogP contribution in [0, 0.1) is 12.3 Å². The molecule has 0 aliphatic carbocycles. The highest BCUT2D eigenvalue weighted by Gasteiger charge is 1.97. The average Bonchev–Trinajstić information content (AvgIpc) is 2.05. The lowest BCUT2D eigenvalue weighted by molar-refractivity contribution is -0.118. The minimum absolute atomic E-state index is 0.217. The van der Waals surface area contributed by atoms with Crippen molar-refractivity contribution >= 4 is 5.78 Å². The van der Waals surface area contributed by atoms with Crippen molar-refractivity contribution in [1.82, 2.24) is 0 Å². The van der Waals surface area contributed by atoms with E-state index in [9.17, 15) is 4.79 Å². The van der Waals surface area contributed by atoms with Gasteiger partial charge >= 0.3 is 0 Å². The molecule has 0 saturated heterocycles. The van der Waals surface area contributed by atoms with Crippen LogP contribution in [0.3, 0.4) is 0 Å². The molecule has 0 heterocycles. The summed E-state index contributed by atoms with van der Waals surface area (Å²) in [5.41, 5.74) is 0. The first-order chi connectivity index (χ1) is 5.81. The van der Waals surface area contributed by atoms with E-state index in [4.69, 9.17) is 6.42 Å². The Morgan fingerprint density at radius 2 is 1.92 bits per heavy atom. The van der Waals surface area contributed by atoms with Gasteiger partial charge in [0.15, 0.2) is 0 Å². The molecule has 1 nitrogen and oxygen atoms in total. The van der Waals surface area contributed by atoms with Gasteiger partial charge < -0.3 is 0 Å². The molecule has 68 valence electrons. The van der Waals surface area contributed by atoms with Crippen molar-refractivity contribution in [3.8, 4) is 12.3 Å². The smallest absolute Gasteiger partial charge is 0.144 e. The number of carbonyl (C=O) groups excluding carboxylic acids is 1. The van der Waals surface area contributed by atoms with E-state index in [1.165, 1.54) is 25.7 Å². The van der Waals surface area contributed by atoms with Crippen molar-refractivity contribution in [2.45, 2.75) is 51.9 Å². The van der Waals surface area contributed by atoms with Gasteiger partial charge in [-0.25, -0.2) is 0 Å². The number of carbonyl (C=O) groups is 1. The Morgan fingerprint density at radius 3 is 2.50 bits per heavy atom. The molecule has 0 atom stereocenters. The van der Waals surface area contributed by atoms with Gasteiger partial charge in [-0.15, -0.1) is 6.42 Å². The van der Waals surface area contributed by atoms with Gasteiger partial charge in [0.1, 0.15) is 5.78 Å². The Labute approximate surface area is 75.5 Å². The molecular weight excluding hydrogens is 148 g/mol. The zero-order valence-electron chi connectivity index (χ0n) is 7.94. The lowest BCUT2D eigenvalue weighted by Crippen LogP contribution is -1.95. The molecule has 0 N–H and O–H groups in total. The van der Waals surface area contributed by atoms with Crippen LogP contribution in [0.1, 0.15) is 51.9 Å². The summed E-state index contributed by atoms with van der Waals surface area (Å²) in [5.74, 6) is 2.59. The maximum absolute atomic E-state index is 10.9. The fourth-order valence-corrected chi connectivity index (χ4v) is 1.13. The fraction of sp³-hybridized carbons (Fsp3) is 0.727. The first-order valence-corrected chi connectivity index (χ1v) is 4.76. The van der Waals surface area contributed by atoms with Crippen molar-refractivity contribution in [1.29, 1.82) is 0 Å². The lowest BCUT2D eigenvalue weighted by Gasteiger charge is -1.97. The van der Waals surface area contributed by atoms with Crippen LogP contribution >= 0.6 is 0 Å². The molecule has 1 heteroatoms. The van der Waals surface area contributed by atoms with Gasteiger partial charge in [0, 0.05) is 6.42 Å². The van der Waals surface area contributed by atoms with E-state index in [0.29, 0.717) is 12.8 Å². The van der Waals surface area contributed by atoms with E-state index in [0.717, 1.165) is 6.42 Å². The van der Waals surface area contributed by atoms with Gasteiger partial charge in [-0.05, 0) is 6.42 Å². The second-order valence-electron chi connectivity index (χ2n) is 3.08. The normalized spacial score (nSPS) is 9.33. The fourth-order valence-electron chi connectivity index (χ4n) is 1.13. The number of hydrogen-bond acceptors (Lipinski definition) is 1. The number of rotatable bonds is 7. The number of hydrogen-bond donors (Lipinski definition) is 0. The molecule has 0 rings (SSSR count). The van der Waals surface area contributed by atoms with E-state index < -0.39 is 0 Å². The second kappa shape index (κ2) is 8.33. The molecule has 0 amide bonds. The molecule has 0 aliphatic heterocycles. The predicted molar refractivity (Wildman–Crippen MR) is 51.8 cm³/mol. The Hall–Kier alpha value is -0.770. The first-order valence-electron chi connectivity index (χ1n) is 4.76. The van der Waals surface area contributed by atoms with Crippen LogP contribution in [0.15, 0.2) is 0 Å². The Kier molecular flexibility index (Phi) is 7.79. The van der Waals surface area contributed by atoms with Gasteiger partial charge in [0.05, 0.1) is 6.42 Å². The molecule has 0 aromatic heterocycles. The maximum atomic E-state index is 10.9. The number of Topliss-reactive ketones (excluding diaryl/α,β-unsaturated/α-hetero) is 1. The number of unbranched alkanes of at least 4 members (excludes halogenated alkanes) is 4. The minimum Gasteiger partial charge on any atom is -0.299 e. The molecule has 0 spiro atoms. The van der Waals surface area contributed by atoms with Crippen molar-refractivity contribution in [3.63, 3.8) is 0 Å². The maximum Gasteiger partial charge on any atom is 0.144 e. The highest BCUT2D eigenvalue weighted by Crippen LogP contribution is 2.05. The summed E-state index contributed by atoms with van der Waals surface area (Å²) in [6.45, 7) is 2.18. The summed E-state index contributed by atoms with van der Waals surface area (Å²) in [4.78, 5) is 10.9. The van der Waals surface area contributed by atoms with Crippen LogP contribution in [0.2, 0.25) is 0 Å². The molecule has 0 unspecified atom stereocenters. The zero-order valence-corrected chi connectivity index (χ0v) is 7.94. The average molecular weight is 166 g/mol. The molecule has 0 aliphatic rings.